The van der Waals surface area contributed by atoms with Gasteiger partial charge in [-0.3, -0.25) is 24.1 Å². The Morgan fingerprint density at radius 1 is 1.00 bits per heavy atom. The van der Waals surface area contributed by atoms with Gasteiger partial charge in [0.1, 0.15) is 18.7 Å². The average Bonchev–Trinajstić information content (AvgIpc) is 3.32. The van der Waals surface area contributed by atoms with Gasteiger partial charge in [-0.05, 0) is 32.4 Å². The molecule has 1 aromatic rings. The summed E-state index contributed by atoms with van der Waals surface area (Å²) in [6.07, 6.45) is 0.427. The molecule has 3 heterocycles. The maximum Gasteiger partial charge on any atom is 0.251 e. The molecule has 3 fully saturated rings. The van der Waals surface area contributed by atoms with E-state index in [9.17, 15) is 19.2 Å². The minimum atomic E-state index is -0.895. The van der Waals surface area contributed by atoms with Gasteiger partial charge in [-0.2, -0.15) is 0 Å². The molecule has 0 aromatic heterocycles. The van der Waals surface area contributed by atoms with Gasteiger partial charge in [-0.25, -0.2) is 0 Å². The molecule has 11 heteroatoms. The van der Waals surface area contributed by atoms with Gasteiger partial charge >= 0.3 is 0 Å². The second-order valence-corrected chi connectivity index (χ2v) is 9.86. The molecule has 0 aliphatic carbocycles. The van der Waals surface area contributed by atoms with Crippen LogP contribution in [-0.4, -0.2) is 122 Å². The molecule has 0 unspecified atom stereocenters. The van der Waals surface area contributed by atoms with Crippen LogP contribution in [0.15, 0.2) is 30.3 Å². The summed E-state index contributed by atoms with van der Waals surface area (Å²) in [6.45, 7) is 6.74. The number of ether oxygens (including phenoxy) is 2. The maximum atomic E-state index is 14.0. The first-order chi connectivity index (χ1) is 17.9. The molecule has 0 saturated carbocycles. The molecule has 3 aliphatic heterocycles. The molecule has 3 aliphatic rings. The number of fused-ring (bicyclic) bond motifs is 2. The third-order valence-corrected chi connectivity index (χ3v) is 7.19. The largest absolute Gasteiger partial charge is 0.377 e. The number of rotatable bonds is 3. The van der Waals surface area contributed by atoms with Crippen LogP contribution in [0.25, 0.3) is 0 Å². The van der Waals surface area contributed by atoms with Crippen molar-refractivity contribution in [1.82, 2.24) is 25.3 Å². The van der Waals surface area contributed by atoms with Crippen LogP contribution in [0.3, 0.4) is 0 Å². The summed E-state index contributed by atoms with van der Waals surface area (Å²) in [5.74, 6) is -1.20. The van der Waals surface area contributed by atoms with E-state index in [1.54, 1.807) is 29.2 Å². The van der Waals surface area contributed by atoms with E-state index >= 15 is 0 Å². The second kappa shape index (κ2) is 12.5. The lowest BCUT2D eigenvalue weighted by molar-refractivity contribution is -0.154. The van der Waals surface area contributed by atoms with Crippen LogP contribution >= 0.6 is 0 Å². The predicted octanol–water partition coefficient (Wildman–Crippen LogP) is -0.530. The molecule has 4 amide bonds. The Hall–Kier alpha value is -3.02. The van der Waals surface area contributed by atoms with Crippen molar-refractivity contribution in [3.63, 3.8) is 0 Å². The SMILES string of the molecule is CC(C)N1CCN2C(=O)COCCOCCNC(=O)[C@@H]3[C@H](NC(=O)c4ccccc4)CCN3C(=O)[C@@H]2C1. The normalized spacial score (nSPS) is 26.7. The molecular formula is C26H37N5O6. The zero-order chi connectivity index (χ0) is 26.4. The number of nitrogens with zero attached hydrogens (tertiary/aromatic N) is 3. The van der Waals surface area contributed by atoms with Crippen LogP contribution in [0.2, 0.25) is 0 Å². The van der Waals surface area contributed by atoms with E-state index in [4.69, 9.17) is 9.47 Å². The fourth-order valence-corrected chi connectivity index (χ4v) is 5.14. The van der Waals surface area contributed by atoms with Crippen LogP contribution in [0, 0.1) is 0 Å². The Balaban J connectivity index is 1.60. The molecule has 11 nitrogen and oxygen atoms in total. The lowest BCUT2D eigenvalue weighted by Gasteiger charge is -2.44. The number of piperazine rings is 1. The lowest BCUT2D eigenvalue weighted by Crippen LogP contribution is -2.64. The molecule has 2 N–H and O–H groups in total. The standard InChI is InChI=1S/C26H37N5O6/c1-18(2)29-11-12-30-21(16-29)26(35)31-10-8-20(28-24(33)19-6-4-3-5-7-19)23(31)25(34)27-9-13-36-14-15-37-17-22(30)32/h3-7,18,20-21,23H,8-17H2,1-2H3,(H,27,34)(H,28,33)/t20-,21+,23+/m1/s1. The Bertz CT molecular complexity index is 973. The summed E-state index contributed by atoms with van der Waals surface area (Å²) < 4.78 is 11.0. The van der Waals surface area contributed by atoms with Crippen molar-refractivity contribution >= 4 is 23.6 Å². The van der Waals surface area contributed by atoms with Crippen LogP contribution in [0.5, 0.6) is 0 Å². The first kappa shape index (κ1) is 27.0. The number of nitrogens with one attached hydrogen (secondary N) is 2. The second-order valence-electron chi connectivity index (χ2n) is 9.86. The van der Waals surface area contributed by atoms with Crippen molar-refractivity contribution in [3.05, 3.63) is 35.9 Å². The van der Waals surface area contributed by atoms with E-state index in [2.05, 4.69) is 29.4 Å². The van der Waals surface area contributed by atoms with E-state index in [0.29, 0.717) is 38.2 Å². The first-order valence-electron chi connectivity index (χ1n) is 13.0. The number of benzene rings is 1. The van der Waals surface area contributed by atoms with E-state index < -0.39 is 18.1 Å². The van der Waals surface area contributed by atoms with Gasteiger partial charge in [-0.1, -0.05) is 18.2 Å². The highest BCUT2D eigenvalue weighted by atomic mass is 16.5. The average molecular weight is 516 g/mol. The van der Waals surface area contributed by atoms with Gasteiger partial charge in [0.2, 0.25) is 17.7 Å². The number of amides is 4. The number of carbonyl (C=O) groups excluding carboxylic acids is 4. The summed E-state index contributed by atoms with van der Waals surface area (Å²) in [7, 11) is 0. The molecule has 37 heavy (non-hydrogen) atoms. The summed E-state index contributed by atoms with van der Waals surface area (Å²) >= 11 is 0. The van der Waals surface area contributed by atoms with Gasteiger partial charge in [0.25, 0.3) is 5.91 Å². The Labute approximate surface area is 217 Å². The van der Waals surface area contributed by atoms with E-state index in [1.807, 2.05) is 6.07 Å². The Morgan fingerprint density at radius 3 is 2.51 bits per heavy atom. The Morgan fingerprint density at radius 2 is 1.76 bits per heavy atom. The molecule has 3 saturated heterocycles. The fourth-order valence-electron chi connectivity index (χ4n) is 5.14. The molecule has 202 valence electrons. The van der Waals surface area contributed by atoms with E-state index in [0.717, 1.165) is 0 Å². The van der Waals surface area contributed by atoms with Gasteiger partial charge in [0, 0.05) is 44.3 Å². The molecule has 1 aromatic carbocycles. The summed E-state index contributed by atoms with van der Waals surface area (Å²) in [5, 5.41) is 5.82. The van der Waals surface area contributed by atoms with Gasteiger partial charge in [-0.15, -0.1) is 0 Å². The van der Waals surface area contributed by atoms with Gasteiger partial charge in [0.05, 0.1) is 25.9 Å². The third-order valence-electron chi connectivity index (χ3n) is 7.19. The molecule has 4 rings (SSSR count). The molecular weight excluding hydrogens is 478 g/mol. The van der Waals surface area contributed by atoms with Crippen molar-refractivity contribution in [2.75, 3.05) is 59.2 Å². The van der Waals surface area contributed by atoms with E-state index in [-0.39, 0.29) is 62.6 Å². The monoisotopic (exact) mass is 515 g/mol. The summed E-state index contributed by atoms with van der Waals surface area (Å²) in [6, 6.07) is 6.77. The highest BCUT2D eigenvalue weighted by Gasteiger charge is 2.47. The highest BCUT2D eigenvalue weighted by Crippen LogP contribution is 2.24. The minimum absolute atomic E-state index is 0.134. The summed E-state index contributed by atoms with van der Waals surface area (Å²) in [4.78, 5) is 58.6. The topological polar surface area (TPSA) is 121 Å². The lowest BCUT2D eigenvalue weighted by atomic mass is 10.0. The quantitative estimate of drug-likeness (QED) is 0.555. The summed E-state index contributed by atoms with van der Waals surface area (Å²) in [5.41, 5.74) is 0.481. The maximum absolute atomic E-state index is 14.0. The molecule has 3 atom stereocenters. The number of hydrogen-bond acceptors (Lipinski definition) is 7. The van der Waals surface area contributed by atoms with Crippen LogP contribution in [0.1, 0.15) is 30.6 Å². The third kappa shape index (κ3) is 6.46. The van der Waals surface area contributed by atoms with Gasteiger partial charge < -0.3 is 29.9 Å². The van der Waals surface area contributed by atoms with Crippen molar-refractivity contribution in [2.24, 2.45) is 0 Å². The Kier molecular flexibility index (Phi) is 9.12. The minimum Gasteiger partial charge on any atom is -0.377 e. The number of hydrogen-bond donors (Lipinski definition) is 2. The molecule has 0 radical (unpaired) electrons. The van der Waals surface area contributed by atoms with E-state index in [1.165, 1.54) is 4.90 Å². The predicted molar refractivity (Wildman–Crippen MR) is 135 cm³/mol. The van der Waals surface area contributed by atoms with Gasteiger partial charge in [0.15, 0.2) is 0 Å². The van der Waals surface area contributed by atoms with Crippen LogP contribution in [0.4, 0.5) is 0 Å². The highest BCUT2D eigenvalue weighted by molar-refractivity contribution is 5.97. The van der Waals surface area contributed by atoms with Crippen molar-refractivity contribution in [1.29, 1.82) is 0 Å². The molecule has 0 spiro atoms. The van der Waals surface area contributed by atoms with Crippen molar-refractivity contribution in [2.45, 2.75) is 44.4 Å². The van der Waals surface area contributed by atoms with Crippen molar-refractivity contribution < 1.29 is 28.7 Å². The number of carbonyl (C=O) groups is 4. The fraction of sp³-hybridized carbons (Fsp3) is 0.615. The van der Waals surface area contributed by atoms with Crippen molar-refractivity contribution in [3.8, 4) is 0 Å². The smallest absolute Gasteiger partial charge is 0.251 e. The zero-order valence-electron chi connectivity index (χ0n) is 21.6. The van der Waals surface area contributed by atoms with Crippen LogP contribution < -0.4 is 10.6 Å². The zero-order valence-corrected chi connectivity index (χ0v) is 21.6. The first-order valence-corrected chi connectivity index (χ1v) is 13.0. The molecule has 0 bridgehead atoms. The van der Waals surface area contributed by atoms with Crippen LogP contribution in [-0.2, 0) is 23.9 Å².